The Labute approximate surface area is 85.6 Å². The maximum atomic E-state index is 10.4. The Morgan fingerprint density at radius 1 is 1.14 bits per heavy atom. The first-order valence-corrected chi connectivity index (χ1v) is 4.57. The number of carbonyl (C=O) groups is 2. The first-order chi connectivity index (χ1) is 6.57. The van der Waals surface area contributed by atoms with Gasteiger partial charge in [-0.05, 0) is 6.92 Å². The highest BCUT2D eigenvalue weighted by molar-refractivity contribution is 5.96. The molecule has 0 amide bonds. The lowest BCUT2D eigenvalue weighted by molar-refractivity contribution is -0.139. The molecule has 0 rings (SSSR count). The zero-order chi connectivity index (χ0) is 12.1. The average molecular weight is 204 g/mol. The quantitative estimate of drug-likeness (QED) is 0.425. The number of carbonyl (C=O) groups excluding carboxylic acids is 2. The fourth-order valence-corrected chi connectivity index (χ4v) is 0.356. The van der Waals surface area contributed by atoms with Gasteiger partial charge >= 0.3 is 5.97 Å². The van der Waals surface area contributed by atoms with Crippen LogP contribution >= 0.6 is 0 Å². The van der Waals surface area contributed by atoms with Crippen molar-refractivity contribution in [2.24, 2.45) is 0 Å². The molecule has 0 unspecified atom stereocenters. The molecule has 0 atom stereocenters. The first-order valence-electron chi connectivity index (χ1n) is 4.57. The van der Waals surface area contributed by atoms with Gasteiger partial charge in [0.15, 0.2) is 5.78 Å². The normalized spacial score (nSPS) is 8.57. The van der Waals surface area contributed by atoms with Crippen molar-refractivity contribution < 1.29 is 19.4 Å². The number of rotatable bonds is 2. The van der Waals surface area contributed by atoms with E-state index in [1.165, 1.54) is 6.92 Å². The van der Waals surface area contributed by atoms with E-state index in [1.54, 1.807) is 0 Å². The van der Waals surface area contributed by atoms with E-state index >= 15 is 0 Å². The van der Waals surface area contributed by atoms with Crippen molar-refractivity contribution >= 4 is 11.8 Å². The summed E-state index contributed by atoms with van der Waals surface area (Å²) in [5, 5.41) is 8.65. The van der Waals surface area contributed by atoms with Crippen LogP contribution in [0.1, 0.15) is 34.6 Å². The summed E-state index contributed by atoms with van der Waals surface area (Å²) in [6.45, 7) is 9.22. The molecule has 0 saturated carbocycles. The Morgan fingerprint density at radius 2 is 1.50 bits per heavy atom. The summed E-state index contributed by atoms with van der Waals surface area (Å²) in [4.78, 5) is 20.6. The Bertz CT molecular complexity index is 183. The standard InChI is InChI=1S/C6H8O4.2C2H6/c1-4(7)3-5(8)6(9)10-2;2*1-2/h3,8H,1-2H3;2*1-2H3. The molecule has 14 heavy (non-hydrogen) atoms. The lowest BCUT2D eigenvalue weighted by atomic mass is 10.3. The lowest BCUT2D eigenvalue weighted by Crippen LogP contribution is -2.05. The van der Waals surface area contributed by atoms with Crippen LogP contribution in [0.2, 0.25) is 0 Å². The maximum Gasteiger partial charge on any atom is 0.373 e. The summed E-state index contributed by atoms with van der Waals surface area (Å²) in [5.74, 6) is -1.98. The van der Waals surface area contributed by atoms with Gasteiger partial charge in [-0.3, -0.25) is 4.79 Å². The number of ketones is 1. The summed E-state index contributed by atoms with van der Waals surface area (Å²) in [6, 6.07) is 0. The van der Waals surface area contributed by atoms with Gasteiger partial charge in [-0.2, -0.15) is 0 Å². The molecule has 0 heterocycles. The molecule has 0 radical (unpaired) electrons. The van der Waals surface area contributed by atoms with E-state index in [1.807, 2.05) is 27.7 Å². The molecule has 1 N–H and O–H groups in total. The number of esters is 1. The van der Waals surface area contributed by atoms with Crippen molar-refractivity contribution in [3.63, 3.8) is 0 Å². The smallest absolute Gasteiger partial charge is 0.373 e. The highest BCUT2D eigenvalue weighted by atomic mass is 16.5. The minimum atomic E-state index is -0.907. The van der Waals surface area contributed by atoms with Crippen LogP contribution in [0.25, 0.3) is 0 Å². The molecule has 0 aromatic rings. The summed E-state index contributed by atoms with van der Waals surface area (Å²) in [5.41, 5.74) is 0. The predicted octanol–water partition coefficient (Wildman–Crippen LogP) is 2.24. The number of methoxy groups -OCH3 is 1. The molecule has 0 bridgehead atoms. The topological polar surface area (TPSA) is 63.6 Å². The molecule has 0 aromatic carbocycles. The molecule has 0 aliphatic rings. The number of allylic oxidation sites excluding steroid dienone is 1. The third-order valence-electron chi connectivity index (χ3n) is 0.735. The Morgan fingerprint density at radius 3 is 1.71 bits per heavy atom. The van der Waals surface area contributed by atoms with E-state index in [9.17, 15) is 9.59 Å². The van der Waals surface area contributed by atoms with Gasteiger partial charge < -0.3 is 9.84 Å². The summed E-state index contributed by atoms with van der Waals surface area (Å²) in [7, 11) is 1.12. The molecule has 4 heteroatoms. The molecule has 0 saturated heterocycles. The number of aliphatic hydroxyl groups excluding tert-OH is 1. The van der Waals surface area contributed by atoms with Crippen LogP contribution < -0.4 is 0 Å². The molecular weight excluding hydrogens is 184 g/mol. The Kier molecular flexibility index (Phi) is 18.7. The van der Waals surface area contributed by atoms with Crippen molar-refractivity contribution in [3.05, 3.63) is 11.8 Å². The van der Waals surface area contributed by atoms with Gasteiger partial charge in [0.2, 0.25) is 5.76 Å². The van der Waals surface area contributed by atoms with Gasteiger partial charge in [-0.1, -0.05) is 27.7 Å². The van der Waals surface area contributed by atoms with Gasteiger partial charge in [0, 0.05) is 6.08 Å². The molecule has 84 valence electrons. The van der Waals surface area contributed by atoms with Gasteiger partial charge in [0.1, 0.15) is 0 Å². The summed E-state index contributed by atoms with van der Waals surface area (Å²) in [6.07, 6.45) is 0.797. The van der Waals surface area contributed by atoms with E-state index in [-0.39, 0.29) is 0 Å². The number of aliphatic hydroxyl groups is 1. The number of ether oxygens (including phenoxy) is 1. The fourth-order valence-electron chi connectivity index (χ4n) is 0.356. The second-order valence-electron chi connectivity index (χ2n) is 1.63. The van der Waals surface area contributed by atoms with E-state index in [2.05, 4.69) is 4.74 Å². The van der Waals surface area contributed by atoms with Gasteiger partial charge in [0.25, 0.3) is 0 Å². The van der Waals surface area contributed by atoms with Gasteiger partial charge in [-0.15, -0.1) is 0 Å². The molecule has 0 aliphatic heterocycles. The molecule has 0 fully saturated rings. The van der Waals surface area contributed by atoms with E-state index in [4.69, 9.17) is 5.11 Å². The highest BCUT2D eigenvalue weighted by Crippen LogP contribution is 1.90. The van der Waals surface area contributed by atoms with E-state index < -0.39 is 17.5 Å². The third kappa shape index (κ3) is 13.3. The zero-order valence-electron chi connectivity index (χ0n) is 9.75. The Balaban J connectivity index is -0.000000266. The van der Waals surface area contributed by atoms with E-state index in [0.29, 0.717) is 0 Å². The minimum absolute atomic E-state index is 0.400. The molecule has 4 nitrogen and oxygen atoms in total. The molecular formula is C10H20O4. The Hall–Kier alpha value is -1.32. The van der Waals surface area contributed by atoms with Gasteiger partial charge in [-0.25, -0.2) is 4.79 Å². The monoisotopic (exact) mass is 204 g/mol. The van der Waals surface area contributed by atoms with Crippen LogP contribution in [-0.4, -0.2) is 24.0 Å². The molecule has 0 spiro atoms. The minimum Gasteiger partial charge on any atom is -0.502 e. The average Bonchev–Trinajstić information content (AvgIpc) is 2.21. The van der Waals surface area contributed by atoms with Gasteiger partial charge in [0.05, 0.1) is 7.11 Å². The van der Waals surface area contributed by atoms with Crippen LogP contribution in [0.15, 0.2) is 11.8 Å². The predicted molar refractivity (Wildman–Crippen MR) is 56.1 cm³/mol. The molecule has 0 aliphatic carbocycles. The van der Waals surface area contributed by atoms with Crippen LogP contribution in [0.4, 0.5) is 0 Å². The van der Waals surface area contributed by atoms with Crippen molar-refractivity contribution in [1.29, 1.82) is 0 Å². The summed E-state index contributed by atoms with van der Waals surface area (Å²) < 4.78 is 4.10. The maximum absolute atomic E-state index is 10.4. The molecule has 0 aromatic heterocycles. The first kappa shape index (κ1) is 18.5. The number of hydrogen-bond donors (Lipinski definition) is 1. The largest absolute Gasteiger partial charge is 0.502 e. The van der Waals surface area contributed by atoms with Crippen molar-refractivity contribution in [1.82, 2.24) is 0 Å². The number of hydrogen-bond acceptors (Lipinski definition) is 4. The SMILES string of the molecule is CC.CC.COC(=O)C(O)=CC(C)=O. The van der Waals surface area contributed by atoms with Crippen LogP contribution in [0.3, 0.4) is 0 Å². The summed E-state index contributed by atoms with van der Waals surface area (Å²) >= 11 is 0. The fraction of sp³-hybridized carbons (Fsp3) is 0.600. The zero-order valence-corrected chi connectivity index (χ0v) is 9.75. The van der Waals surface area contributed by atoms with Crippen molar-refractivity contribution in [2.45, 2.75) is 34.6 Å². The van der Waals surface area contributed by atoms with E-state index in [0.717, 1.165) is 13.2 Å². The third-order valence-corrected chi connectivity index (χ3v) is 0.735. The second-order valence-corrected chi connectivity index (χ2v) is 1.63. The highest BCUT2D eigenvalue weighted by Gasteiger charge is 2.06. The van der Waals surface area contributed by atoms with Crippen molar-refractivity contribution in [2.75, 3.05) is 7.11 Å². The van der Waals surface area contributed by atoms with Crippen molar-refractivity contribution in [3.8, 4) is 0 Å². The van der Waals surface area contributed by atoms with Crippen LogP contribution in [-0.2, 0) is 14.3 Å². The lowest BCUT2D eigenvalue weighted by Gasteiger charge is -1.93. The second kappa shape index (κ2) is 14.2. The van der Waals surface area contributed by atoms with Crippen LogP contribution in [0.5, 0.6) is 0 Å². The van der Waals surface area contributed by atoms with Crippen LogP contribution in [0, 0.1) is 0 Å².